The number of benzene rings is 1. The molecule has 1 aliphatic rings. The van der Waals surface area contributed by atoms with Gasteiger partial charge in [-0.15, -0.1) is 0 Å². The third-order valence-corrected chi connectivity index (χ3v) is 2.75. The number of Topliss-reactive ketones (excluding diaryl/α,β-unsaturated/α-hetero) is 1. The van der Waals surface area contributed by atoms with Crippen molar-refractivity contribution in [3.8, 4) is 0 Å². The topological polar surface area (TPSA) is 37.4 Å². The Morgan fingerprint density at radius 2 is 2.06 bits per heavy atom. The molecule has 1 aromatic rings. The molecule has 16 heavy (non-hydrogen) atoms. The van der Waals surface area contributed by atoms with E-state index in [0.29, 0.717) is 18.7 Å². The van der Waals surface area contributed by atoms with Crippen molar-refractivity contribution in [2.75, 3.05) is 11.4 Å². The van der Waals surface area contributed by atoms with E-state index >= 15 is 0 Å². The minimum absolute atomic E-state index is 0.141. The Morgan fingerprint density at radius 1 is 1.38 bits per heavy atom. The van der Waals surface area contributed by atoms with Gasteiger partial charge in [0.1, 0.15) is 5.82 Å². The van der Waals surface area contributed by atoms with Crippen LogP contribution < -0.4 is 4.90 Å². The van der Waals surface area contributed by atoms with Gasteiger partial charge in [0.25, 0.3) is 11.7 Å². The van der Waals surface area contributed by atoms with Crippen LogP contribution in [0.15, 0.2) is 12.1 Å². The van der Waals surface area contributed by atoms with Gasteiger partial charge in [-0.25, -0.2) is 4.39 Å². The van der Waals surface area contributed by atoms with Crippen molar-refractivity contribution in [2.45, 2.75) is 13.3 Å². The molecule has 2 rings (SSSR count). The highest BCUT2D eigenvalue weighted by atomic mass is 35.5. The fourth-order valence-electron chi connectivity index (χ4n) is 1.73. The molecule has 0 aliphatic carbocycles. The van der Waals surface area contributed by atoms with Crippen LogP contribution in [-0.4, -0.2) is 18.2 Å². The number of fused-ring (bicyclic) bond motifs is 1. The molecule has 1 amide bonds. The highest BCUT2D eigenvalue weighted by Gasteiger charge is 2.36. The third-order valence-electron chi connectivity index (χ3n) is 2.46. The Kier molecular flexibility index (Phi) is 2.68. The van der Waals surface area contributed by atoms with E-state index < -0.39 is 17.5 Å². The minimum Gasteiger partial charge on any atom is -0.305 e. The maximum Gasteiger partial charge on any atom is 0.299 e. The average molecular weight is 242 g/mol. The molecule has 0 bridgehead atoms. The molecule has 5 heteroatoms. The number of halogens is 2. The van der Waals surface area contributed by atoms with Crippen LogP contribution in [0, 0.1) is 5.82 Å². The van der Waals surface area contributed by atoms with Gasteiger partial charge in [0, 0.05) is 6.54 Å². The van der Waals surface area contributed by atoms with Crippen LogP contribution in [0.4, 0.5) is 10.1 Å². The molecule has 3 nitrogen and oxygen atoms in total. The SMILES string of the molecule is CCCN1C(=O)C(=O)c2cc(Cl)c(F)cc21. The number of rotatable bonds is 2. The molecule has 1 aliphatic heterocycles. The summed E-state index contributed by atoms with van der Waals surface area (Å²) in [5.41, 5.74) is 0.503. The van der Waals surface area contributed by atoms with Gasteiger partial charge in [0.2, 0.25) is 0 Å². The van der Waals surface area contributed by atoms with Gasteiger partial charge in [-0.05, 0) is 18.6 Å². The first-order valence-electron chi connectivity index (χ1n) is 4.91. The van der Waals surface area contributed by atoms with Crippen molar-refractivity contribution in [2.24, 2.45) is 0 Å². The number of ketones is 1. The molecule has 84 valence electrons. The summed E-state index contributed by atoms with van der Waals surface area (Å²) in [6, 6.07) is 2.35. The van der Waals surface area contributed by atoms with Gasteiger partial charge in [0.05, 0.1) is 16.3 Å². The van der Waals surface area contributed by atoms with E-state index in [2.05, 4.69) is 0 Å². The van der Waals surface area contributed by atoms with Crippen LogP contribution in [0.2, 0.25) is 5.02 Å². The van der Waals surface area contributed by atoms with Crippen LogP contribution >= 0.6 is 11.6 Å². The van der Waals surface area contributed by atoms with Crippen molar-refractivity contribution in [3.05, 3.63) is 28.5 Å². The molecule has 0 atom stereocenters. The molecule has 0 spiro atoms. The van der Waals surface area contributed by atoms with Gasteiger partial charge in [0.15, 0.2) is 0 Å². The zero-order valence-corrected chi connectivity index (χ0v) is 9.34. The maximum atomic E-state index is 13.3. The Balaban J connectivity index is 2.56. The quantitative estimate of drug-likeness (QED) is 0.746. The van der Waals surface area contributed by atoms with Crippen molar-refractivity contribution in [1.29, 1.82) is 0 Å². The number of amides is 1. The zero-order valence-electron chi connectivity index (χ0n) is 8.59. The molecule has 0 N–H and O–H groups in total. The lowest BCUT2D eigenvalue weighted by Gasteiger charge is -2.15. The van der Waals surface area contributed by atoms with Crippen molar-refractivity contribution < 1.29 is 14.0 Å². The predicted octanol–water partition coefficient (Wildman–Crippen LogP) is 2.42. The van der Waals surface area contributed by atoms with Crippen LogP contribution in [0.3, 0.4) is 0 Å². The van der Waals surface area contributed by atoms with Crippen LogP contribution in [-0.2, 0) is 4.79 Å². The summed E-state index contributed by atoms with van der Waals surface area (Å²) in [5, 5.41) is -0.141. The summed E-state index contributed by atoms with van der Waals surface area (Å²) in [6.07, 6.45) is 0.697. The summed E-state index contributed by atoms with van der Waals surface area (Å²) in [5.74, 6) is -1.85. The molecule has 0 radical (unpaired) electrons. The van der Waals surface area contributed by atoms with E-state index in [1.54, 1.807) is 0 Å². The third kappa shape index (κ3) is 1.50. The largest absolute Gasteiger partial charge is 0.305 e. The number of anilines is 1. The average Bonchev–Trinajstić information content (AvgIpc) is 2.46. The van der Waals surface area contributed by atoms with Gasteiger partial charge in [-0.1, -0.05) is 18.5 Å². The second kappa shape index (κ2) is 3.87. The Morgan fingerprint density at radius 3 is 2.69 bits per heavy atom. The van der Waals surface area contributed by atoms with Crippen LogP contribution in [0.25, 0.3) is 0 Å². The summed E-state index contributed by atoms with van der Waals surface area (Å²) in [7, 11) is 0. The normalized spacial score (nSPS) is 14.6. The lowest BCUT2D eigenvalue weighted by Crippen LogP contribution is -2.30. The van der Waals surface area contributed by atoms with Crippen molar-refractivity contribution in [3.63, 3.8) is 0 Å². The van der Waals surface area contributed by atoms with Crippen LogP contribution in [0.5, 0.6) is 0 Å². The first-order valence-corrected chi connectivity index (χ1v) is 5.29. The Hall–Kier alpha value is -1.42. The van der Waals surface area contributed by atoms with Crippen molar-refractivity contribution >= 4 is 29.0 Å². The number of hydrogen-bond donors (Lipinski definition) is 0. The number of hydrogen-bond acceptors (Lipinski definition) is 2. The smallest absolute Gasteiger partial charge is 0.299 e. The lowest BCUT2D eigenvalue weighted by atomic mass is 10.1. The van der Waals surface area contributed by atoms with Crippen molar-refractivity contribution in [1.82, 2.24) is 0 Å². The monoisotopic (exact) mass is 241 g/mol. The molecular formula is C11H9ClFNO2. The molecule has 1 heterocycles. The molecule has 0 saturated heterocycles. The number of nitrogens with zero attached hydrogens (tertiary/aromatic N) is 1. The molecule has 0 aromatic heterocycles. The Labute approximate surface area is 96.8 Å². The molecule has 0 unspecified atom stereocenters. The van der Waals surface area contributed by atoms with E-state index in [0.717, 1.165) is 6.07 Å². The van der Waals surface area contributed by atoms with Gasteiger partial charge in [-0.2, -0.15) is 0 Å². The summed E-state index contributed by atoms with van der Waals surface area (Å²) < 4.78 is 13.3. The van der Waals surface area contributed by atoms with Gasteiger partial charge in [-0.3, -0.25) is 9.59 Å². The summed E-state index contributed by atoms with van der Waals surface area (Å²) in [4.78, 5) is 24.4. The summed E-state index contributed by atoms with van der Waals surface area (Å²) >= 11 is 5.57. The number of carbonyl (C=O) groups is 2. The predicted molar refractivity (Wildman–Crippen MR) is 58.4 cm³/mol. The second-order valence-corrected chi connectivity index (χ2v) is 3.98. The highest BCUT2D eigenvalue weighted by molar-refractivity contribution is 6.52. The van der Waals surface area contributed by atoms with E-state index in [4.69, 9.17) is 11.6 Å². The van der Waals surface area contributed by atoms with E-state index in [-0.39, 0.29) is 10.6 Å². The van der Waals surface area contributed by atoms with E-state index in [1.165, 1.54) is 11.0 Å². The van der Waals surface area contributed by atoms with E-state index in [9.17, 15) is 14.0 Å². The molecule has 1 aromatic carbocycles. The molecule has 0 saturated carbocycles. The molecule has 0 fully saturated rings. The fraction of sp³-hybridized carbons (Fsp3) is 0.273. The lowest BCUT2D eigenvalue weighted by molar-refractivity contribution is -0.114. The van der Waals surface area contributed by atoms with Gasteiger partial charge >= 0.3 is 0 Å². The first-order chi connectivity index (χ1) is 7.56. The maximum absolute atomic E-state index is 13.3. The fourth-order valence-corrected chi connectivity index (χ4v) is 1.90. The van der Waals surface area contributed by atoms with E-state index in [1.807, 2.05) is 6.92 Å². The highest BCUT2D eigenvalue weighted by Crippen LogP contribution is 2.33. The molecular weight excluding hydrogens is 233 g/mol. The first kappa shape index (κ1) is 11.1. The minimum atomic E-state index is -0.621. The zero-order chi connectivity index (χ0) is 11.9. The van der Waals surface area contributed by atoms with Crippen LogP contribution in [0.1, 0.15) is 23.7 Å². The summed E-state index contributed by atoms with van der Waals surface area (Å²) in [6.45, 7) is 2.28. The standard InChI is InChI=1S/C11H9ClFNO2/c1-2-3-14-9-5-8(13)7(12)4-6(9)10(15)11(14)16/h4-5H,2-3H2,1H3. The van der Waals surface area contributed by atoms with Gasteiger partial charge < -0.3 is 4.90 Å². The number of carbonyl (C=O) groups excluding carboxylic acids is 2. The Bertz CT molecular complexity index is 487. The second-order valence-electron chi connectivity index (χ2n) is 3.57.